The smallest absolute Gasteiger partial charge is 0.165 e. The van der Waals surface area contributed by atoms with E-state index in [-0.39, 0.29) is 29.1 Å². The van der Waals surface area contributed by atoms with Crippen molar-refractivity contribution in [1.29, 1.82) is 0 Å². The molecular formula is C68H100N4O8. The van der Waals surface area contributed by atoms with Crippen LogP contribution >= 0.6 is 0 Å². The Bertz CT molecular complexity index is 2320. The summed E-state index contributed by atoms with van der Waals surface area (Å²) < 4.78 is 22.9. The summed E-state index contributed by atoms with van der Waals surface area (Å²) in [5, 5.41) is 0. The third kappa shape index (κ3) is 27.7. The van der Waals surface area contributed by atoms with Crippen LogP contribution in [-0.2, 0) is 0 Å². The van der Waals surface area contributed by atoms with Crippen molar-refractivity contribution in [2.75, 3.05) is 105 Å². The molecule has 0 bridgehead atoms. The van der Waals surface area contributed by atoms with Crippen molar-refractivity contribution in [1.82, 2.24) is 19.6 Å². The summed E-state index contributed by atoms with van der Waals surface area (Å²) in [7, 11) is 0. The summed E-state index contributed by atoms with van der Waals surface area (Å²) in [6.45, 7) is 30.4. The molecule has 0 aliphatic carbocycles. The molecule has 3 aliphatic heterocycles. The average molecular weight is 1100 g/mol. The van der Waals surface area contributed by atoms with Gasteiger partial charge in [-0.05, 0) is 207 Å². The largest absolute Gasteiger partial charge is 0.494 e. The van der Waals surface area contributed by atoms with Crippen LogP contribution in [0.5, 0.6) is 23.0 Å². The standard InChI is InChI=1S/2C18H27NO2.C16H21NO2.C16H25NO2/c1-15(2)18(20)16-7-9-17(10-8-16)21-14-6-13-19-11-4-3-5-12-19;1-2-7-18(20)16-8-10-17(11-9-16)21-15-6-14-19-12-4-3-5-13-19;1-14(18)15-6-8-16(9-7-15)19-13-5-12-17-10-3-2-4-11-17;1-4-16(18)14-8-10-15(11-9-14)19-13-7-12-17(5-2)6-3/h7-10,15H,3-6,11-14H2,1-2H3;8-11H,2-7,12-15H2,1H3;2-3,6-9H,4-5,10-13H2,1H3;8-11H,4-7,12-13H2,1-3H3. The molecule has 0 N–H and O–H groups in total. The van der Waals surface area contributed by atoms with Gasteiger partial charge in [-0.25, -0.2) is 0 Å². The minimum atomic E-state index is 0.0429. The predicted octanol–water partition coefficient (Wildman–Crippen LogP) is 14.0. The second kappa shape index (κ2) is 40.5. The minimum absolute atomic E-state index is 0.0429. The summed E-state index contributed by atoms with van der Waals surface area (Å²) in [6.07, 6.45) is 20.0. The Hall–Kier alpha value is -5.66. The van der Waals surface area contributed by atoms with Crippen molar-refractivity contribution < 1.29 is 38.1 Å². The number of nitrogens with zero attached hydrogens (tertiary/aromatic N) is 4. The van der Waals surface area contributed by atoms with Gasteiger partial charge in [0.05, 0.1) is 26.4 Å². The molecule has 4 aromatic rings. The van der Waals surface area contributed by atoms with Crippen LogP contribution < -0.4 is 18.9 Å². The van der Waals surface area contributed by atoms with Gasteiger partial charge in [0.2, 0.25) is 0 Å². The van der Waals surface area contributed by atoms with Crippen LogP contribution in [0.25, 0.3) is 0 Å². The van der Waals surface area contributed by atoms with Gasteiger partial charge in [0.25, 0.3) is 0 Å². The third-order valence-electron chi connectivity index (χ3n) is 14.6. The molecule has 12 nitrogen and oxygen atoms in total. The lowest BCUT2D eigenvalue weighted by Crippen LogP contribution is -2.31. The van der Waals surface area contributed by atoms with E-state index < -0.39 is 0 Å². The number of ether oxygens (including phenoxy) is 4. The lowest BCUT2D eigenvalue weighted by Gasteiger charge is -2.26. The van der Waals surface area contributed by atoms with Gasteiger partial charge in [0.1, 0.15) is 23.0 Å². The number of benzene rings is 4. The number of hydrogen-bond acceptors (Lipinski definition) is 12. The van der Waals surface area contributed by atoms with Crippen LogP contribution in [-0.4, -0.2) is 148 Å². The van der Waals surface area contributed by atoms with Gasteiger partial charge in [-0.15, -0.1) is 0 Å². The summed E-state index contributed by atoms with van der Waals surface area (Å²) in [4.78, 5) is 56.1. The second-order valence-electron chi connectivity index (χ2n) is 21.3. The van der Waals surface area contributed by atoms with E-state index >= 15 is 0 Å². The van der Waals surface area contributed by atoms with Gasteiger partial charge in [0, 0.05) is 80.3 Å². The number of carbonyl (C=O) groups excluding carboxylic acids is 4. The third-order valence-corrected chi connectivity index (χ3v) is 14.6. The van der Waals surface area contributed by atoms with Crippen LogP contribution in [0.4, 0.5) is 0 Å². The lowest BCUT2D eigenvalue weighted by molar-refractivity contribution is 0.0937. The number of Topliss-reactive ketones (excluding diaryl/α,β-unsaturated/α-hetero) is 4. The Morgan fingerprint density at radius 2 is 0.875 bits per heavy atom. The molecule has 2 fully saturated rings. The second-order valence-corrected chi connectivity index (χ2v) is 21.3. The molecule has 0 saturated carbocycles. The van der Waals surface area contributed by atoms with Gasteiger partial charge in [-0.1, -0.05) is 66.5 Å². The number of likely N-dealkylation sites (tertiary alicyclic amines) is 2. The Balaban J connectivity index is 0.000000230. The van der Waals surface area contributed by atoms with Gasteiger partial charge in [-0.2, -0.15) is 0 Å². The van der Waals surface area contributed by atoms with E-state index in [0.717, 1.165) is 163 Å². The zero-order chi connectivity index (χ0) is 57.6. The molecule has 7 rings (SSSR count). The number of ketones is 4. The Morgan fingerprint density at radius 3 is 1.25 bits per heavy atom. The van der Waals surface area contributed by atoms with Crippen LogP contribution in [0.3, 0.4) is 0 Å². The van der Waals surface area contributed by atoms with Crippen LogP contribution in [0.15, 0.2) is 109 Å². The molecule has 3 aliphatic rings. The molecule has 0 amide bonds. The van der Waals surface area contributed by atoms with Crippen molar-refractivity contribution in [3.05, 3.63) is 131 Å². The van der Waals surface area contributed by atoms with E-state index in [2.05, 4.69) is 45.6 Å². The first-order valence-corrected chi connectivity index (χ1v) is 30.5. The van der Waals surface area contributed by atoms with Crippen molar-refractivity contribution >= 4 is 23.1 Å². The first-order valence-electron chi connectivity index (χ1n) is 30.5. The molecule has 0 spiro atoms. The highest BCUT2D eigenvalue weighted by Gasteiger charge is 2.13. The van der Waals surface area contributed by atoms with E-state index in [0.29, 0.717) is 12.8 Å². The Labute approximate surface area is 482 Å². The minimum Gasteiger partial charge on any atom is -0.494 e. The molecule has 440 valence electrons. The molecule has 3 heterocycles. The molecule has 0 aromatic heterocycles. The fourth-order valence-electron chi connectivity index (χ4n) is 9.60. The molecule has 0 radical (unpaired) electrons. The first-order chi connectivity index (χ1) is 38.9. The zero-order valence-electron chi connectivity index (χ0n) is 50.2. The highest BCUT2D eigenvalue weighted by molar-refractivity contribution is 5.98. The van der Waals surface area contributed by atoms with E-state index in [1.807, 2.05) is 125 Å². The summed E-state index contributed by atoms with van der Waals surface area (Å²) in [5.74, 6) is 4.10. The normalized spacial score (nSPS) is 14.6. The predicted molar refractivity (Wildman–Crippen MR) is 328 cm³/mol. The van der Waals surface area contributed by atoms with E-state index in [1.54, 1.807) is 6.92 Å². The first kappa shape index (κ1) is 66.8. The summed E-state index contributed by atoms with van der Waals surface area (Å²) in [6, 6.07) is 29.9. The van der Waals surface area contributed by atoms with Gasteiger partial charge < -0.3 is 33.6 Å². The molecule has 2 saturated heterocycles. The molecule has 12 heteroatoms. The lowest BCUT2D eigenvalue weighted by atomic mass is 10.0. The van der Waals surface area contributed by atoms with Crippen molar-refractivity contribution in [3.8, 4) is 23.0 Å². The van der Waals surface area contributed by atoms with E-state index in [9.17, 15) is 19.2 Å². The maximum absolute atomic E-state index is 11.8. The monoisotopic (exact) mass is 1100 g/mol. The fourth-order valence-corrected chi connectivity index (χ4v) is 9.60. The number of carbonyl (C=O) groups is 4. The average Bonchev–Trinajstić information content (AvgIpc) is 3.50. The van der Waals surface area contributed by atoms with Crippen LogP contribution in [0.1, 0.15) is 180 Å². The number of hydrogen-bond donors (Lipinski definition) is 0. The Kier molecular flexibility index (Phi) is 33.8. The van der Waals surface area contributed by atoms with Gasteiger partial charge >= 0.3 is 0 Å². The number of rotatable bonds is 30. The maximum atomic E-state index is 11.8. The van der Waals surface area contributed by atoms with E-state index in [4.69, 9.17) is 18.9 Å². The fraction of sp³-hybridized carbons (Fsp3) is 0.559. The van der Waals surface area contributed by atoms with Crippen molar-refractivity contribution in [2.24, 2.45) is 5.92 Å². The van der Waals surface area contributed by atoms with Gasteiger partial charge in [-0.3, -0.25) is 24.1 Å². The molecule has 0 unspecified atom stereocenters. The van der Waals surface area contributed by atoms with Crippen LogP contribution in [0, 0.1) is 5.92 Å². The summed E-state index contributed by atoms with van der Waals surface area (Å²) in [5.41, 5.74) is 3.05. The van der Waals surface area contributed by atoms with Crippen LogP contribution in [0.2, 0.25) is 0 Å². The molecule has 80 heavy (non-hydrogen) atoms. The quantitative estimate of drug-likeness (QED) is 0.0281. The Morgan fingerprint density at radius 1 is 0.475 bits per heavy atom. The van der Waals surface area contributed by atoms with Gasteiger partial charge in [0.15, 0.2) is 23.1 Å². The molecule has 4 aromatic carbocycles. The van der Waals surface area contributed by atoms with Crippen molar-refractivity contribution in [3.63, 3.8) is 0 Å². The zero-order valence-corrected chi connectivity index (χ0v) is 50.2. The highest BCUT2D eigenvalue weighted by atomic mass is 16.5. The van der Waals surface area contributed by atoms with E-state index in [1.165, 1.54) is 64.7 Å². The maximum Gasteiger partial charge on any atom is 0.165 e. The highest BCUT2D eigenvalue weighted by Crippen LogP contribution is 2.19. The molecule has 0 atom stereocenters. The molecular weight excluding hydrogens is 1000 g/mol. The topological polar surface area (TPSA) is 118 Å². The van der Waals surface area contributed by atoms with Crippen molar-refractivity contribution in [2.45, 2.75) is 138 Å². The summed E-state index contributed by atoms with van der Waals surface area (Å²) >= 11 is 0. The SMILES string of the molecule is CC(=O)c1ccc(OCCCN2CC=CCC2)cc1.CC(C)C(=O)c1ccc(OCCCN2CCCCC2)cc1.CCC(=O)c1ccc(OCCCN(CC)CC)cc1.CCCC(=O)c1ccc(OCCCN2CCCCC2)cc1. The number of piperidine rings is 2.